The summed E-state index contributed by atoms with van der Waals surface area (Å²) in [5, 5.41) is 17.4. The van der Waals surface area contributed by atoms with Crippen molar-refractivity contribution in [2.45, 2.75) is 57.7 Å². The number of aryl methyl sites for hydroxylation is 1. The molecule has 0 bridgehead atoms. The first kappa shape index (κ1) is 17.9. The number of amides is 1. The zero-order chi connectivity index (χ0) is 18.0. The molecule has 1 aliphatic heterocycles. The number of nitrogens with two attached hydrogens (primary N) is 1. The molecule has 1 aromatic rings. The van der Waals surface area contributed by atoms with Gasteiger partial charge in [0, 0.05) is 43.0 Å². The van der Waals surface area contributed by atoms with Crippen molar-refractivity contribution < 1.29 is 14.7 Å². The van der Waals surface area contributed by atoms with Crippen molar-refractivity contribution in [3.05, 3.63) is 17.0 Å². The highest BCUT2D eigenvalue weighted by molar-refractivity contribution is 5.87. The number of carboxylic acids is 1. The molecule has 1 aliphatic carbocycles. The second-order valence-corrected chi connectivity index (χ2v) is 7.02. The largest absolute Gasteiger partial charge is 0.476 e. The van der Waals surface area contributed by atoms with E-state index >= 15 is 0 Å². The highest BCUT2D eigenvalue weighted by atomic mass is 16.4. The van der Waals surface area contributed by atoms with Gasteiger partial charge in [0.05, 0.1) is 6.54 Å². The van der Waals surface area contributed by atoms with Crippen molar-refractivity contribution >= 4 is 11.9 Å². The molecule has 1 atom stereocenters. The topological polar surface area (TPSA) is 113 Å². The third-order valence-electron chi connectivity index (χ3n) is 5.29. The molecule has 2 heterocycles. The average molecular weight is 349 g/mol. The van der Waals surface area contributed by atoms with Gasteiger partial charge < -0.3 is 16.2 Å². The highest BCUT2D eigenvalue weighted by Crippen LogP contribution is 2.26. The lowest BCUT2D eigenvalue weighted by molar-refractivity contribution is -0.119. The number of nitrogens with one attached hydrogen (secondary N) is 1. The van der Waals surface area contributed by atoms with Crippen LogP contribution in [0.1, 0.15) is 47.9 Å². The van der Waals surface area contributed by atoms with Crippen LogP contribution in [0.4, 0.5) is 0 Å². The van der Waals surface area contributed by atoms with Crippen molar-refractivity contribution in [2.75, 3.05) is 19.6 Å². The highest BCUT2D eigenvalue weighted by Gasteiger charge is 2.30. The first-order valence-corrected chi connectivity index (χ1v) is 9.06. The number of carbonyl (C=O) groups is 2. The molecule has 1 saturated heterocycles. The molecule has 0 radical (unpaired) electrons. The molecule has 2 aliphatic rings. The van der Waals surface area contributed by atoms with Gasteiger partial charge >= 0.3 is 5.97 Å². The fraction of sp³-hybridized carbons (Fsp3) is 0.706. The van der Waals surface area contributed by atoms with Gasteiger partial charge in [-0.05, 0) is 39.0 Å². The summed E-state index contributed by atoms with van der Waals surface area (Å²) in [5.74, 6) is -1.22. The number of piperidine rings is 1. The van der Waals surface area contributed by atoms with Crippen LogP contribution in [0.25, 0.3) is 0 Å². The van der Waals surface area contributed by atoms with Crippen LogP contribution in [0.2, 0.25) is 0 Å². The zero-order valence-electron chi connectivity index (χ0n) is 14.7. The van der Waals surface area contributed by atoms with Crippen molar-refractivity contribution in [2.24, 2.45) is 5.73 Å². The van der Waals surface area contributed by atoms with E-state index in [1.807, 2.05) is 11.6 Å². The number of carbonyl (C=O) groups excluding carboxylic acids is 1. The van der Waals surface area contributed by atoms with E-state index in [1.165, 1.54) is 0 Å². The van der Waals surface area contributed by atoms with Gasteiger partial charge in [-0.15, -0.1) is 0 Å². The number of carboxylic acid groups (broad SMARTS) is 1. The Labute approximate surface area is 147 Å². The molecule has 8 heteroatoms. The van der Waals surface area contributed by atoms with Gasteiger partial charge in [0.1, 0.15) is 0 Å². The summed E-state index contributed by atoms with van der Waals surface area (Å²) >= 11 is 0. The molecule has 0 spiro atoms. The van der Waals surface area contributed by atoms with E-state index < -0.39 is 5.97 Å². The first-order valence-electron chi connectivity index (χ1n) is 9.06. The lowest BCUT2D eigenvalue weighted by Gasteiger charge is -2.35. The third-order valence-corrected chi connectivity index (χ3v) is 5.29. The van der Waals surface area contributed by atoms with Crippen molar-refractivity contribution in [3.63, 3.8) is 0 Å². The summed E-state index contributed by atoms with van der Waals surface area (Å²) in [4.78, 5) is 24.6. The molecule has 0 aromatic carbocycles. The second-order valence-electron chi connectivity index (χ2n) is 7.02. The molecule has 1 aromatic heterocycles. The Morgan fingerprint density at radius 1 is 1.28 bits per heavy atom. The van der Waals surface area contributed by atoms with Gasteiger partial charge in [0.25, 0.3) is 0 Å². The van der Waals surface area contributed by atoms with E-state index in [2.05, 4.69) is 15.3 Å². The Morgan fingerprint density at radius 2 is 2.00 bits per heavy atom. The van der Waals surface area contributed by atoms with Crippen LogP contribution < -0.4 is 11.1 Å². The van der Waals surface area contributed by atoms with Gasteiger partial charge in [0.2, 0.25) is 5.91 Å². The number of rotatable bonds is 6. The van der Waals surface area contributed by atoms with Crippen LogP contribution in [0, 0.1) is 0 Å². The lowest BCUT2D eigenvalue weighted by Crippen LogP contribution is -2.49. The SMILES string of the molecule is CCn1nc(C(=O)O)c2c1CCC(NC1CCN(CC(N)=O)CC1)C2. The van der Waals surface area contributed by atoms with Gasteiger partial charge in [-0.3, -0.25) is 14.4 Å². The van der Waals surface area contributed by atoms with E-state index in [1.54, 1.807) is 0 Å². The monoisotopic (exact) mass is 349 g/mol. The van der Waals surface area contributed by atoms with Crippen LogP contribution in [0.3, 0.4) is 0 Å². The van der Waals surface area contributed by atoms with Crippen molar-refractivity contribution in [3.8, 4) is 0 Å². The van der Waals surface area contributed by atoms with Gasteiger partial charge in [0.15, 0.2) is 5.69 Å². The van der Waals surface area contributed by atoms with E-state index in [0.717, 1.165) is 56.5 Å². The Hall–Kier alpha value is -1.93. The zero-order valence-corrected chi connectivity index (χ0v) is 14.7. The predicted octanol–water partition coefficient (Wildman–Crippen LogP) is -0.00220. The number of aromatic nitrogens is 2. The van der Waals surface area contributed by atoms with E-state index in [0.29, 0.717) is 19.1 Å². The molecule has 1 amide bonds. The maximum atomic E-state index is 11.5. The minimum atomic E-state index is -0.941. The van der Waals surface area contributed by atoms with Crippen molar-refractivity contribution in [1.82, 2.24) is 20.0 Å². The molecular weight excluding hydrogens is 322 g/mol. The number of fused-ring (bicyclic) bond motifs is 1. The third kappa shape index (κ3) is 4.01. The fourth-order valence-corrected chi connectivity index (χ4v) is 4.07. The molecule has 1 fully saturated rings. The molecule has 25 heavy (non-hydrogen) atoms. The Kier molecular flexibility index (Phi) is 5.39. The van der Waals surface area contributed by atoms with E-state index in [-0.39, 0.29) is 17.6 Å². The Morgan fingerprint density at radius 3 is 2.60 bits per heavy atom. The quantitative estimate of drug-likeness (QED) is 0.666. The number of hydrogen-bond acceptors (Lipinski definition) is 5. The molecule has 4 N–H and O–H groups in total. The van der Waals surface area contributed by atoms with Crippen LogP contribution in [0.15, 0.2) is 0 Å². The lowest BCUT2D eigenvalue weighted by atomic mass is 9.90. The average Bonchev–Trinajstić information content (AvgIpc) is 2.94. The maximum absolute atomic E-state index is 11.5. The smallest absolute Gasteiger partial charge is 0.356 e. The van der Waals surface area contributed by atoms with Crippen molar-refractivity contribution in [1.29, 1.82) is 0 Å². The maximum Gasteiger partial charge on any atom is 0.356 e. The Bertz CT molecular complexity index is 649. The number of nitrogens with zero attached hydrogens (tertiary/aromatic N) is 3. The van der Waals surface area contributed by atoms with Gasteiger partial charge in [-0.2, -0.15) is 5.10 Å². The second kappa shape index (κ2) is 7.53. The summed E-state index contributed by atoms with van der Waals surface area (Å²) in [6.45, 7) is 4.76. The number of hydrogen-bond donors (Lipinski definition) is 3. The Balaban J connectivity index is 1.59. The fourth-order valence-electron chi connectivity index (χ4n) is 4.07. The minimum Gasteiger partial charge on any atom is -0.476 e. The van der Waals surface area contributed by atoms with Crippen LogP contribution in [-0.2, 0) is 24.2 Å². The number of primary amides is 1. The predicted molar refractivity (Wildman–Crippen MR) is 92.5 cm³/mol. The molecule has 8 nitrogen and oxygen atoms in total. The molecule has 0 saturated carbocycles. The minimum absolute atomic E-state index is 0.208. The summed E-state index contributed by atoms with van der Waals surface area (Å²) < 4.78 is 1.83. The number of aromatic carboxylic acids is 1. The van der Waals surface area contributed by atoms with Crippen LogP contribution in [-0.4, -0.2) is 63.4 Å². The summed E-state index contributed by atoms with van der Waals surface area (Å²) in [5.41, 5.74) is 7.43. The number of likely N-dealkylation sites (tertiary alicyclic amines) is 1. The standard InChI is InChI=1S/C17H27N5O3/c1-2-22-14-4-3-12(9-13(14)16(20-22)17(24)25)19-11-5-7-21(8-6-11)10-15(18)23/h11-12,19H,2-10H2,1H3,(H2,18,23)(H,24,25). The molecule has 1 unspecified atom stereocenters. The van der Waals surface area contributed by atoms with Crippen LogP contribution >= 0.6 is 0 Å². The molecule has 3 rings (SSSR count). The molecule has 138 valence electrons. The summed E-state index contributed by atoms with van der Waals surface area (Å²) in [6, 6.07) is 0.693. The summed E-state index contributed by atoms with van der Waals surface area (Å²) in [6.07, 6.45) is 4.55. The van der Waals surface area contributed by atoms with Crippen LogP contribution in [0.5, 0.6) is 0 Å². The first-order chi connectivity index (χ1) is 12.0. The molecular formula is C17H27N5O3. The van der Waals surface area contributed by atoms with Gasteiger partial charge in [-0.1, -0.05) is 0 Å². The van der Waals surface area contributed by atoms with E-state index in [9.17, 15) is 14.7 Å². The summed E-state index contributed by atoms with van der Waals surface area (Å²) in [7, 11) is 0. The van der Waals surface area contributed by atoms with Gasteiger partial charge in [-0.25, -0.2) is 4.79 Å². The van der Waals surface area contributed by atoms with E-state index in [4.69, 9.17) is 5.73 Å². The normalized spacial score (nSPS) is 21.9.